The van der Waals surface area contributed by atoms with Gasteiger partial charge in [-0.3, -0.25) is 0 Å². The Hall–Kier alpha value is -2.47. The van der Waals surface area contributed by atoms with E-state index in [2.05, 4.69) is 77.4 Å². The Morgan fingerprint density at radius 3 is 1.51 bits per heavy atom. The van der Waals surface area contributed by atoms with E-state index >= 15 is 0 Å². The van der Waals surface area contributed by atoms with Crippen molar-refractivity contribution < 1.29 is 58.6 Å². The van der Waals surface area contributed by atoms with Crippen molar-refractivity contribution in [3.63, 3.8) is 0 Å². The Balaban J connectivity index is 0.00000146. The van der Waals surface area contributed by atoms with Crippen molar-refractivity contribution in [2.45, 2.75) is 57.3 Å². The van der Waals surface area contributed by atoms with Crippen LogP contribution in [0.15, 0.2) is 64.0 Å². The van der Waals surface area contributed by atoms with Gasteiger partial charge in [-0.25, -0.2) is 4.79 Å². The van der Waals surface area contributed by atoms with Crippen LogP contribution in [0.4, 0.5) is 0 Å². The molecule has 1 aromatic carbocycles. The summed E-state index contributed by atoms with van der Waals surface area (Å²) in [5.74, 6) is 3.97. The van der Waals surface area contributed by atoms with E-state index in [-0.39, 0.29) is 38.4 Å². The summed E-state index contributed by atoms with van der Waals surface area (Å²) in [6.45, 7) is 27.0. The van der Waals surface area contributed by atoms with Crippen molar-refractivity contribution in [2.75, 3.05) is 14.2 Å². The van der Waals surface area contributed by atoms with E-state index < -0.39 is 7.92 Å². The van der Waals surface area contributed by atoms with Crippen LogP contribution in [0.3, 0.4) is 0 Å². The van der Waals surface area contributed by atoms with Gasteiger partial charge in [0.25, 0.3) is 0 Å². The first kappa shape index (κ1) is 40.5. The third-order valence-corrected chi connectivity index (χ3v) is 12.3. The number of hydrogen-bond donors (Lipinski definition) is 0. The van der Waals surface area contributed by atoms with Gasteiger partial charge in [0.05, 0.1) is 19.8 Å². The van der Waals surface area contributed by atoms with Crippen LogP contribution in [0, 0.1) is 56.9 Å². The van der Waals surface area contributed by atoms with Crippen LogP contribution in [0.1, 0.15) is 46.0 Å². The van der Waals surface area contributed by atoms with Gasteiger partial charge >= 0.3 is 62.5 Å². The summed E-state index contributed by atoms with van der Waals surface area (Å²) in [5, 5.41) is 1.37. The predicted molar refractivity (Wildman–Crippen MR) is 149 cm³/mol. The van der Waals surface area contributed by atoms with Gasteiger partial charge in [-0.2, -0.15) is 0 Å². The average Bonchev–Trinajstić information content (AvgIpc) is 3.53. The fraction of sp³-hybridized carbons (Fsp3) is 0.455. The summed E-state index contributed by atoms with van der Waals surface area (Å²) < 4.78 is 49.2. The van der Waals surface area contributed by atoms with Gasteiger partial charge in [0.1, 0.15) is 5.76 Å². The van der Waals surface area contributed by atoms with Crippen molar-refractivity contribution >= 4 is 19.2 Å². The molecular formula is C33H33O8PW. The van der Waals surface area contributed by atoms with E-state index in [0.29, 0.717) is 11.8 Å². The van der Waals surface area contributed by atoms with Crippen molar-refractivity contribution in [2.24, 2.45) is 23.7 Å². The molecule has 8 nitrogen and oxygen atoms in total. The average molecular weight is 772 g/mol. The minimum absolute atomic E-state index is 0. The molecule has 3 atom stereocenters. The summed E-state index contributed by atoms with van der Waals surface area (Å²) in [5.41, 5.74) is 6.79. The smallest absolute Gasteiger partial charge is 0 e. The van der Waals surface area contributed by atoms with Crippen molar-refractivity contribution in [1.29, 1.82) is 0 Å². The first-order valence-corrected chi connectivity index (χ1v) is 14.6. The number of fused-ring (bicyclic) bond motifs is 2. The van der Waals surface area contributed by atoms with Gasteiger partial charge in [0.2, 0.25) is 0 Å². The van der Waals surface area contributed by atoms with Gasteiger partial charge in [0.15, 0.2) is 0 Å². The predicted octanol–water partition coefficient (Wildman–Crippen LogP) is 5.53. The molecular weight excluding hydrogens is 739 g/mol. The number of methoxy groups -OCH3 is 2. The minimum Gasteiger partial charge on any atom is 0 e. The molecule has 2 heterocycles. The number of hydrogen-bond acceptors (Lipinski definition) is 3. The molecule has 1 aromatic rings. The zero-order chi connectivity index (χ0) is 32.1. The molecule has 224 valence electrons. The molecule has 0 N–H and O–H groups in total. The SMILES string of the molecule is COC(=O)C1=C(C(OC)=C2C3CC4CC(C3)CC2C4)[C@@H]2C(C)=C(C)[C@H]1P2c1ccccc1.[C-]#[O+].[C-]#[O+].[C-]#[O+].[C-]#[O+].[C-]#[O+].[W]. The molecule has 6 aliphatic rings. The van der Waals surface area contributed by atoms with Crippen LogP contribution in [0.2, 0.25) is 0 Å². The summed E-state index contributed by atoms with van der Waals surface area (Å²) >= 11 is 0. The van der Waals surface area contributed by atoms with Crippen LogP contribution >= 0.6 is 7.92 Å². The van der Waals surface area contributed by atoms with E-state index in [4.69, 9.17) is 32.7 Å². The Morgan fingerprint density at radius 1 is 0.698 bits per heavy atom. The van der Waals surface area contributed by atoms with Gasteiger partial charge in [-0.1, -0.05) is 49.4 Å². The Morgan fingerprint density at radius 2 is 1.12 bits per heavy atom. The Kier molecular flexibility index (Phi) is 18.6. The second-order valence-corrected chi connectivity index (χ2v) is 12.9. The molecule has 4 saturated carbocycles. The Labute approximate surface area is 269 Å². The topological polar surface area (TPSA) is 135 Å². The number of allylic oxidation sites excluding steroid dienone is 4. The van der Waals surface area contributed by atoms with Crippen molar-refractivity contribution in [3.8, 4) is 0 Å². The molecule has 4 fully saturated rings. The molecule has 0 radical (unpaired) electrons. The molecule has 4 aliphatic carbocycles. The largest absolute Gasteiger partial charge is 0 e. The zero-order valence-electron chi connectivity index (χ0n) is 24.5. The standard InChI is InChI=1S/C28H33O3P.5CO.W/c1-15-16(2)27-24(28(29)31-4)23(26(15)32(27)21-8-6-5-7-9-21)25(30-3)22-19-11-17-10-18(13-19)14-20(22)12-17;5*1-2;/h5-9,17-20,26-27H,10-14H2,1-4H3;;;;;;/t17?,18?,19?,20?,26-,27+,32?;;;;;;/m0....../s1. The molecule has 0 amide bonds. The van der Waals surface area contributed by atoms with Gasteiger partial charge < -0.3 is 9.47 Å². The first-order valence-electron chi connectivity index (χ1n) is 13.2. The molecule has 10 heteroatoms. The van der Waals surface area contributed by atoms with Crippen molar-refractivity contribution in [1.82, 2.24) is 0 Å². The maximum atomic E-state index is 13.3. The third-order valence-electron chi connectivity index (χ3n) is 9.02. The fourth-order valence-corrected chi connectivity index (χ4v) is 11.6. The normalized spacial score (nSPS) is 27.7. The number of ether oxygens (including phenoxy) is 2. The van der Waals surface area contributed by atoms with E-state index in [1.165, 1.54) is 66.8 Å². The summed E-state index contributed by atoms with van der Waals surface area (Å²) in [7, 11) is 2.77. The number of carbonyl (C=O) groups is 1. The van der Waals surface area contributed by atoms with Crippen LogP contribution < -0.4 is 5.30 Å². The van der Waals surface area contributed by atoms with E-state index in [1.54, 1.807) is 0 Å². The Bertz CT molecular complexity index is 1240. The number of esters is 1. The van der Waals surface area contributed by atoms with Gasteiger partial charge in [-0.05, 0) is 80.5 Å². The van der Waals surface area contributed by atoms with E-state index in [0.717, 1.165) is 23.2 Å². The number of carbonyl (C=O) groups excluding carboxylic acids is 1. The maximum absolute atomic E-state index is 13.3. The monoisotopic (exact) mass is 772 g/mol. The van der Waals surface area contributed by atoms with Crippen LogP contribution in [-0.4, -0.2) is 31.5 Å². The van der Waals surface area contributed by atoms with Gasteiger partial charge in [0, 0.05) is 38.0 Å². The van der Waals surface area contributed by atoms with Crippen LogP contribution in [-0.2, 0) is 58.6 Å². The minimum atomic E-state index is -0.584. The number of rotatable bonds is 4. The molecule has 7 rings (SSSR count). The zero-order valence-corrected chi connectivity index (χ0v) is 28.3. The van der Waals surface area contributed by atoms with Gasteiger partial charge in [-0.15, -0.1) is 0 Å². The van der Waals surface area contributed by atoms with E-state index in [9.17, 15) is 4.79 Å². The molecule has 0 saturated heterocycles. The second kappa shape index (κ2) is 19.7. The molecule has 6 bridgehead atoms. The van der Waals surface area contributed by atoms with Crippen LogP contribution in [0.25, 0.3) is 0 Å². The van der Waals surface area contributed by atoms with Crippen molar-refractivity contribution in [3.05, 3.63) is 97.2 Å². The summed E-state index contributed by atoms with van der Waals surface area (Å²) in [6.07, 6.45) is 6.68. The third kappa shape index (κ3) is 7.61. The maximum Gasteiger partial charge on any atom is 0 e. The molecule has 1 unspecified atom stereocenters. The summed E-state index contributed by atoms with van der Waals surface area (Å²) in [4.78, 5) is 13.3. The molecule has 43 heavy (non-hydrogen) atoms. The van der Waals surface area contributed by atoms with E-state index in [1.807, 2.05) is 7.11 Å². The molecule has 0 aromatic heterocycles. The summed E-state index contributed by atoms with van der Waals surface area (Å²) in [6, 6.07) is 10.8. The quantitative estimate of drug-likeness (QED) is 0.0995. The number of benzene rings is 1. The first-order chi connectivity index (χ1) is 20.5. The molecule has 0 spiro atoms. The molecule has 2 aliphatic heterocycles. The fourth-order valence-electron chi connectivity index (χ4n) is 7.93. The van der Waals surface area contributed by atoms with Crippen LogP contribution in [0.5, 0.6) is 0 Å². The second-order valence-electron chi connectivity index (χ2n) is 10.5.